The van der Waals surface area contributed by atoms with Crippen LogP contribution in [0.2, 0.25) is 0 Å². The lowest BCUT2D eigenvalue weighted by molar-refractivity contribution is -0.163. The van der Waals surface area contributed by atoms with Crippen LogP contribution < -0.4 is 16.0 Å². The van der Waals surface area contributed by atoms with Gasteiger partial charge in [0.2, 0.25) is 11.8 Å². The van der Waals surface area contributed by atoms with Crippen LogP contribution in [0.4, 0.5) is 4.79 Å². The third-order valence-electron chi connectivity index (χ3n) is 12.4. The van der Waals surface area contributed by atoms with Crippen molar-refractivity contribution in [3.05, 3.63) is 0 Å². The van der Waals surface area contributed by atoms with Gasteiger partial charge < -0.3 is 49.2 Å². The molecular formula is C65H111N3O18. The van der Waals surface area contributed by atoms with Crippen LogP contribution in [0.5, 0.6) is 0 Å². The molecule has 0 spiro atoms. The van der Waals surface area contributed by atoms with Crippen LogP contribution in [0.15, 0.2) is 0 Å². The molecule has 0 aromatic heterocycles. The molecule has 86 heavy (non-hydrogen) atoms. The molecule has 0 radical (unpaired) electrons. The van der Waals surface area contributed by atoms with Crippen molar-refractivity contribution in [2.24, 2.45) is 11.8 Å². The van der Waals surface area contributed by atoms with Crippen LogP contribution in [-0.4, -0.2) is 123 Å². The maximum Gasteiger partial charge on any atom is 0.408 e. The lowest BCUT2D eigenvalue weighted by Gasteiger charge is -2.27. The number of carbonyl (C=O) groups is 12. The predicted molar refractivity (Wildman–Crippen MR) is 325 cm³/mol. The quantitative estimate of drug-likeness (QED) is 0.0293. The molecule has 0 aliphatic heterocycles. The van der Waals surface area contributed by atoms with Gasteiger partial charge in [-0.1, -0.05) is 51.4 Å². The van der Waals surface area contributed by atoms with Crippen LogP contribution in [0.25, 0.3) is 0 Å². The van der Waals surface area contributed by atoms with E-state index in [9.17, 15) is 57.5 Å². The van der Waals surface area contributed by atoms with E-state index in [0.29, 0.717) is 12.8 Å². The number of nitrogens with one attached hydrogen (secondary N) is 3. The molecule has 0 heterocycles. The Bertz CT molecular complexity index is 2230. The van der Waals surface area contributed by atoms with E-state index in [0.717, 1.165) is 57.8 Å². The third kappa shape index (κ3) is 43.8. The molecule has 0 aliphatic carbocycles. The number of ether oxygens (including phenoxy) is 6. The molecule has 0 saturated heterocycles. The summed E-state index contributed by atoms with van der Waals surface area (Å²) in [5.41, 5.74) is -5.68. The van der Waals surface area contributed by atoms with Crippen molar-refractivity contribution in [1.82, 2.24) is 16.0 Å². The van der Waals surface area contributed by atoms with Gasteiger partial charge in [0.1, 0.15) is 74.9 Å². The van der Waals surface area contributed by atoms with E-state index in [1.54, 1.807) is 132 Å². The smallest absolute Gasteiger partial charge is 0.408 e. The molecular weight excluding hydrogens is 1110 g/mol. The normalized spacial score (nSPS) is 14.0. The van der Waals surface area contributed by atoms with Gasteiger partial charge in [-0.2, -0.15) is 0 Å². The standard InChI is InChI=1S/C65H111N3O18/c1-43(69)30-28-26-24-22-20-21-23-25-27-29-31-46(70)42-51(68-59(80)86-65(17,18)19)54(75)67-50(58(79)85-64(14,15)16)37-35-48(72)40-44(55(76)82-61(5,6)7)32-38-52(73)66-49(57(78)84-63(11,12)13)36-34-47(71)41-45(56(77)83-62(8,9)10)33-39-53(74)81-60(2,3)4/h44-45,49-51H,20-42H2,1-19H3,(H,66,73)(H,67,75)(H,68,80)/t44-,45-,49+,50+,51+/m1/s1. The fraction of sp³-hybridized carbons (Fsp3) is 0.815. The minimum absolute atomic E-state index is 0.0438. The Hall–Kier alpha value is -5.76. The highest BCUT2D eigenvalue weighted by Crippen LogP contribution is 2.25. The van der Waals surface area contributed by atoms with E-state index in [2.05, 4.69) is 16.0 Å². The maximum absolute atomic E-state index is 14.1. The van der Waals surface area contributed by atoms with E-state index in [1.165, 1.54) is 0 Å². The molecule has 3 N–H and O–H groups in total. The van der Waals surface area contributed by atoms with Gasteiger partial charge >= 0.3 is 35.9 Å². The minimum atomic E-state index is -1.47. The first-order valence-electron chi connectivity index (χ1n) is 31.0. The zero-order chi connectivity index (χ0) is 66.4. The number of carbonyl (C=O) groups excluding carboxylic acids is 12. The van der Waals surface area contributed by atoms with Gasteiger partial charge in [0.05, 0.1) is 11.8 Å². The summed E-state index contributed by atoms with van der Waals surface area (Å²) < 4.78 is 33.2. The molecule has 21 heteroatoms. The minimum Gasteiger partial charge on any atom is -0.460 e. The number of hydrogen-bond acceptors (Lipinski definition) is 18. The zero-order valence-electron chi connectivity index (χ0n) is 56.0. The van der Waals surface area contributed by atoms with Gasteiger partial charge in [-0.05, 0) is 170 Å². The first-order chi connectivity index (χ1) is 39.2. The van der Waals surface area contributed by atoms with Crippen molar-refractivity contribution in [2.75, 3.05) is 0 Å². The van der Waals surface area contributed by atoms with Gasteiger partial charge in [-0.25, -0.2) is 14.4 Å². The van der Waals surface area contributed by atoms with E-state index in [-0.39, 0.29) is 69.4 Å². The van der Waals surface area contributed by atoms with Crippen LogP contribution in [0.3, 0.4) is 0 Å². The summed E-state index contributed by atoms with van der Waals surface area (Å²) in [6.07, 6.45) is 6.12. The molecule has 0 aromatic rings. The highest BCUT2D eigenvalue weighted by molar-refractivity contribution is 5.94. The predicted octanol–water partition coefficient (Wildman–Crippen LogP) is 11.1. The van der Waals surface area contributed by atoms with Crippen molar-refractivity contribution in [3.8, 4) is 0 Å². The Labute approximate surface area is 513 Å². The molecule has 0 aliphatic rings. The van der Waals surface area contributed by atoms with Crippen LogP contribution in [-0.2, 0) is 81.2 Å². The van der Waals surface area contributed by atoms with Crippen molar-refractivity contribution in [3.63, 3.8) is 0 Å². The Morgan fingerprint density at radius 1 is 0.314 bits per heavy atom. The molecule has 0 bridgehead atoms. The summed E-state index contributed by atoms with van der Waals surface area (Å²) in [4.78, 5) is 160. The average molecular weight is 1220 g/mol. The molecule has 0 aromatic carbocycles. The van der Waals surface area contributed by atoms with Crippen LogP contribution in [0.1, 0.15) is 279 Å². The summed E-state index contributed by atoms with van der Waals surface area (Å²) in [7, 11) is 0. The second-order valence-electron chi connectivity index (χ2n) is 28.6. The number of amides is 3. The van der Waals surface area contributed by atoms with Gasteiger partial charge in [0, 0.05) is 57.8 Å². The number of hydrogen-bond donors (Lipinski definition) is 3. The van der Waals surface area contributed by atoms with E-state index < -0.39 is 142 Å². The Morgan fingerprint density at radius 3 is 1.03 bits per heavy atom. The number of esters is 5. The first kappa shape index (κ1) is 80.2. The van der Waals surface area contributed by atoms with Crippen molar-refractivity contribution in [2.45, 2.75) is 331 Å². The highest BCUT2D eigenvalue weighted by Gasteiger charge is 2.36. The maximum atomic E-state index is 14.1. The number of unbranched alkanes of at least 4 members (excludes halogenated alkanes) is 9. The Morgan fingerprint density at radius 2 is 0.651 bits per heavy atom. The van der Waals surface area contributed by atoms with Gasteiger partial charge in [-0.3, -0.25) is 38.4 Å². The van der Waals surface area contributed by atoms with E-state index in [4.69, 9.17) is 28.4 Å². The number of alkyl carbamates (subject to hydrolysis) is 1. The summed E-state index contributed by atoms with van der Waals surface area (Å²) in [5.74, 6) is -8.76. The molecule has 0 saturated carbocycles. The summed E-state index contributed by atoms with van der Waals surface area (Å²) in [6, 6.07) is -4.29. The molecule has 0 unspecified atom stereocenters. The second-order valence-corrected chi connectivity index (χ2v) is 28.6. The largest absolute Gasteiger partial charge is 0.460 e. The van der Waals surface area contributed by atoms with Crippen molar-refractivity contribution >= 4 is 70.9 Å². The first-order valence-corrected chi connectivity index (χ1v) is 31.0. The van der Waals surface area contributed by atoms with Crippen molar-refractivity contribution < 1.29 is 86.0 Å². The molecule has 0 rings (SSSR count). The second kappa shape index (κ2) is 37.8. The third-order valence-corrected chi connectivity index (χ3v) is 12.4. The molecule has 5 atom stereocenters. The lowest BCUT2D eigenvalue weighted by atomic mass is 9.93. The van der Waals surface area contributed by atoms with Gasteiger partial charge in [-0.15, -0.1) is 0 Å². The Kier molecular flexibility index (Phi) is 35.3. The number of rotatable bonds is 39. The zero-order valence-corrected chi connectivity index (χ0v) is 56.0. The highest BCUT2D eigenvalue weighted by atomic mass is 16.6. The van der Waals surface area contributed by atoms with Gasteiger partial charge in [0.25, 0.3) is 0 Å². The molecule has 494 valence electrons. The monoisotopic (exact) mass is 1220 g/mol. The SMILES string of the molecule is CC(=O)CCCCCCCCCCCCC(=O)C[C@H](NC(=O)OC(C)(C)C)C(=O)N[C@@H](CCC(=O)C[C@@H](CCC(=O)N[C@@H](CCC(=O)C[C@@H](CCC(=O)OC(C)(C)C)C(=O)OC(C)(C)C)C(=O)OC(C)(C)C)C(=O)OC(C)(C)C)C(=O)OC(C)(C)C. The van der Waals surface area contributed by atoms with Crippen LogP contribution in [0, 0.1) is 11.8 Å². The van der Waals surface area contributed by atoms with Crippen molar-refractivity contribution in [1.29, 1.82) is 0 Å². The molecule has 21 nitrogen and oxygen atoms in total. The lowest BCUT2D eigenvalue weighted by Crippen LogP contribution is -2.53. The number of ketones is 4. The number of Topliss-reactive ketones (excluding diaryl/α,β-unsaturated/α-hetero) is 4. The topological polar surface area (TPSA) is 296 Å². The fourth-order valence-electron chi connectivity index (χ4n) is 8.61. The van der Waals surface area contributed by atoms with E-state index >= 15 is 0 Å². The summed E-state index contributed by atoms with van der Waals surface area (Å²) in [6.45, 7) is 31.2. The fourth-order valence-corrected chi connectivity index (χ4v) is 8.61. The van der Waals surface area contributed by atoms with Gasteiger partial charge in [0.15, 0.2) is 0 Å². The summed E-state index contributed by atoms with van der Waals surface area (Å²) in [5, 5.41) is 7.67. The summed E-state index contributed by atoms with van der Waals surface area (Å²) >= 11 is 0. The van der Waals surface area contributed by atoms with Crippen LogP contribution >= 0.6 is 0 Å². The average Bonchev–Trinajstić information content (AvgIpc) is 3.08. The Balaban J connectivity index is 6.36. The van der Waals surface area contributed by atoms with E-state index in [1.807, 2.05) is 0 Å². The molecule has 0 fully saturated rings. The molecule has 3 amide bonds.